The third kappa shape index (κ3) is 3.72. The molecule has 1 aliphatic carbocycles. The summed E-state index contributed by atoms with van der Waals surface area (Å²) in [6.07, 6.45) is 0. The molecule has 0 saturated carbocycles. The number of para-hydroxylation sites is 1. The van der Waals surface area contributed by atoms with Crippen LogP contribution < -0.4 is 0 Å². The standard InChI is InChI=1S/C49H32O/c1-49(2)43-27-33(46-35-15-7-4-12-30(35)26-42-34-14-6-3-11-29(34)19-23-39(42)46)21-24-40(43)47-41(25-31-13-5-8-16-36(31)48(47)49)32-20-22-38-37-17-9-10-18-44(37)50-45(38)28-32/h3-28H,1-2H3. The van der Waals surface area contributed by atoms with E-state index >= 15 is 0 Å². The first-order valence-corrected chi connectivity index (χ1v) is 17.5. The van der Waals surface area contributed by atoms with Crippen molar-refractivity contribution < 1.29 is 4.42 Å². The summed E-state index contributed by atoms with van der Waals surface area (Å²) in [6, 6.07) is 58.2. The van der Waals surface area contributed by atoms with Gasteiger partial charge in [-0.05, 0) is 124 Å². The average molecular weight is 637 g/mol. The molecule has 0 spiro atoms. The Kier molecular flexibility index (Phi) is 5.51. The highest BCUT2D eigenvalue weighted by Gasteiger charge is 2.39. The molecule has 1 heterocycles. The predicted octanol–water partition coefficient (Wildman–Crippen LogP) is 13.8. The van der Waals surface area contributed by atoms with Gasteiger partial charge in [0.25, 0.3) is 0 Å². The molecule has 11 rings (SSSR count). The average Bonchev–Trinajstić information content (AvgIpc) is 3.65. The van der Waals surface area contributed by atoms with E-state index in [1.165, 1.54) is 87.6 Å². The van der Waals surface area contributed by atoms with E-state index in [1.807, 2.05) is 6.07 Å². The molecule has 0 N–H and O–H groups in total. The molecular weight excluding hydrogens is 605 g/mol. The van der Waals surface area contributed by atoms with Crippen molar-refractivity contribution in [2.75, 3.05) is 0 Å². The molecule has 0 bridgehead atoms. The smallest absolute Gasteiger partial charge is 0.136 e. The maximum Gasteiger partial charge on any atom is 0.136 e. The minimum atomic E-state index is -0.215. The molecule has 234 valence electrons. The van der Waals surface area contributed by atoms with Crippen LogP contribution in [0.5, 0.6) is 0 Å². The van der Waals surface area contributed by atoms with Crippen LogP contribution in [-0.2, 0) is 5.41 Å². The number of hydrogen-bond donors (Lipinski definition) is 0. The highest BCUT2D eigenvalue weighted by molar-refractivity contribution is 6.20. The van der Waals surface area contributed by atoms with Crippen molar-refractivity contribution in [3.05, 3.63) is 169 Å². The second-order valence-corrected chi connectivity index (χ2v) is 14.4. The van der Waals surface area contributed by atoms with Crippen LogP contribution in [0.25, 0.3) is 98.4 Å². The van der Waals surface area contributed by atoms with E-state index < -0.39 is 0 Å². The summed E-state index contributed by atoms with van der Waals surface area (Å²) in [7, 11) is 0. The predicted molar refractivity (Wildman–Crippen MR) is 212 cm³/mol. The molecule has 1 heteroatoms. The van der Waals surface area contributed by atoms with Crippen molar-refractivity contribution in [1.82, 2.24) is 0 Å². The van der Waals surface area contributed by atoms with Crippen LogP contribution in [0.3, 0.4) is 0 Å². The van der Waals surface area contributed by atoms with Crippen molar-refractivity contribution in [3.8, 4) is 33.4 Å². The van der Waals surface area contributed by atoms with Crippen LogP contribution in [0.2, 0.25) is 0 Å². The normalized spacial score (nSPS) is 13.6. The monoisotopic (exact) mass is 636 g/mol. The molecule has 1 nitrogen and oxygen atoms in total. The van der Waals surface area contributed by atoms with Gasteiger partial charge in [-0.1, -0.05) is 135 Å². The largest absolute Gasteiger partial charge is 0.456 e. The highest BCUT2D eigenvalue weighted by Crippen LogP contribution is 2.56. The molecule has 10 aromatic rings. The second-order valence-electron chi connectivity index (χ2n) is 14.4. The van der Waals surface area contributed by atoms with Gasteiger partial charge in [-0.25, -0.2) is 0 Å². The summed E-state index contributed by atoms with van der Waals surface area (Å²) >= 11 is 0. The quantitative estimate of drug-likeness (QED) is 0.136. The van der Waals surface area contributed by atoms with Gasteiger partial charge in [-0.3, -0.25) is 0 Å². The maximum absolute atomic E-state index is 6.39. The number of hydrogen-bond acceptors (Lipinski definition) is 1. The van der Waals surface area contributed by atoms with Gasteiger partial charge in [0, 0.05) is 16.2 Å². The number of rotatable bonds is 2. The minimum absolute atomic E-state index is 0.215. The van der Waals surface area contributed by atoms with E-state index in [9.17, 15) is 0 Å². The number of fused-ring (bicyclic) bond motifs is 12. The summed E-state index contributed by atoms with van der Waals surface area (Å²) < 4.78 is 6.39. The van der Waals surface area contributed by atoms with Gasteiger partial charge in [0.2, 0.25) is 0 Å². The van der Waals surface area contributed by atoms with Crippen LogP contribution in [-0.4, -0.2) is 0 Å². The summed E-state index contributed by atoms with van der Waals surface area (Å²) in [6.45, 7) is 4.82. The molecule has 0 aliphatic heterocycles. The Morgan fingerprint density at radius 1 is 0.380 bits per heavy atom. The lowest BCUT2D eigenvalue weighted by Crippen LogP contribution is -2.15. The molecule has 50 heavy (non-hydrogen) atoms. The molecule has 0 amide bonds. The zero-order chi connectivity index (χ0) is 33.1. The van der Waals surface area contributed by atoms with Gasteiger partial charge in [0.1, 0.15) is 11.2 Å². The fraction of sp³-hybridized carbons (Fsp3) is 0.0612. The number of benzene rings is 9. The highest BCUT2D eigenvalue weighted by atomic mass is 16.3. The van der Waals surface area contributed by atoms with Gasteiger partial charge in [-0.2, -0.15) is 0 Å². The Labute approximate surface area is 290 Å². The van der Waals surface area contributed by atoms with E-state index in [-0.39, 0.29) is 5.41 Å². The van der Waals surface area contributed by atoms with E-state index in [1.54, 1.807) is 0 Å². The fourth-order valence-electron chi connectivity index (χ4n) is 9.10. The van der Waals surface area contributed by atoms with Gasteiger partial charge in [0.05, 0.1) is 0 Å². The summed E-state index contributed by atoms with van der Waals surface area (Å²) in [5.41, 5.74) is 12.0. The Morgan fingerprint density at radius 2 is 1.02 bits per heavy atom. The van der Waals surface area contributed by atoms with Gasteiger partial charge < -0.3 is 4.42 Å². The van der Waals surface area contributed by atoms with E-state index in [0.29, 0.717) is 0 Å². The van der Waals surface area contributed by atoms with Crippen molar-refractivity contribution in [2.45, 2.75) is 19.3 Å². The second kappa shape index (κ2) is 9.94. The molecule has 1 aromatic heterocycles. The molecule has 0 fully saturated rings. The third-order valence-corrected chi connectivity index (χ3v) is 11.4. The maximum atomic E-state index is 6.39. The van der Waals surface area contributed by atoms with Crippen LogP contribution in [0.1, 0.15) is 25.0 Å². The molecule has 0 atom stereocenters. The summed E-state index contributed by atoms with van der Waals surface area (Å²) in [5.74, 6) is 0. The molecule has 0 saturated heterocycles. The Hall–Kier alpha value is -6.18. The van der Waals surface area contributed by atoms with E-state index in [2.05, 4.69) is 166 Å². The first-order valence-electron chi connectivity index (χ1n) is 17.5. The third-order valence-electron chi connectivity index (χ3n) is 11.4. The van der Waals surface area contributed by atoms with Gasteiger partial charge >= 0.3 is 0 Å². The zero-order valence-corrected chi connectivity index (χ0v) is 27.9. The fourth-order valence-corrected chi connectivity index (χ4v) is 9.10. The van der Waals surface area contributed by atoms with Gasteiger partial charge in [-0.15, -0.1) is 0 Å². The molecule has 1 aliphatic rings. The Balaban J connectivity index is 1.19. The summed E-state index contributed by atoms with van der Waals surface area (Å²) in [5, 5.41) is 12.6. The van der Waals surface area contributed by atoms with Crippen molar-refractivity contribution in [3.63, 3.8) is 0 Å². The van der Waals surface area contributed by atoms with Crippen molar-refractivity contribution in [1.29, 1.82) is 0 Å². The lowest BCUT2D eigenvalue weighted by molar-refractivity contribution is 0.666. The lowest BCUT2D eigenvalue weighted by atomic mass is 9.78. The molecule has 0 radical (unpaired) electrons. The van der Waals surface area contributed by atoms with Crippen LogP contribution in [0.15, 0.2) is 162 Å². The topological polar surface area (TPSA) is 13.1 Å². The van der Waals surface area contributed by atoms with Crippen molar-refractivity contribution >= 4 is 65.0 Å². The van der Waals surface area contributed by atoms with Crippen LogP contribution >= 0.6 is 0 Å². The van der Waals surface area contributed by atoms with Crippen LogP contribution in [0.4, 0.5) is 0 Å². The molecule has 9 aromatic carbocycles. The van der Waals surface area contributed by atoms with Crippen LogP contribution in [0, 0.1) is 0 Å². The van der Waals surface area contributed by atoms with Gasteiger partial charge in [0.15, 0.2) is 0 Å². The SMILES string of the molecule is CC1(C)c2cc(-c3c4ccccc4cc4c3ccc3ccccc34)ccc2-c2c(-c3ccc4c(c3)oc3ccccc34)cc3ccccc3c21. The Morgan fingerprint density at radius 3 is 1.86 bits per heavy atom. The van der Waals surface area contributed by atoms with Crippen molar-refractivity contribution in [2.24, 2.45) is 0 Å². The summed E-state index contributed by atoms with van der Waals surface area (Å²) in [4.78, 5) is 0. The first-order chi connectivity index (χ1) is 24.5. The lowest BCUT2D eigenvalue weighted by Gasteiger charge is -2.24. The zero-order valence-electron chi connectivity index (χ0n) is 27.9. The van der Waals surface area contributed by atoms with E-state index in [4.69, 9.17) is 4.42 Å². The van der Waals surface area contributed by atoms with E-state index in [0.717, 1.165) is 21.9 Å². The molecule has 0 unspecified atom stereocenters. The molecular formula is C49H32O. The number of furan rings is 1. The Bertz CT molecular complexity index is 3060. The minimum Gasteiger partial charge on any atom is -0.456 e. The first kappa shape index (κ1) is 27.7.